The topological polar surface area (TPSA) is 131 Å². The SMILES string of the molecule is COC(=O)c1ccsc1NC(=O)c1ccsc1NC(=O)C1C2CCC(O2)C1C(=O)O. The fraction of sp³-hybridized carbons (Fsp3) is 0.368. The van der Waals surface area contributed by atoms with E-state index >= 15 is 0 Å². The number of carbonyl (C=O) groups is 4. The van der Waals surface area contributed by atoms with Crippen molar-refractivity contribution < 1.29 is 33.8 Å². The molecule has 4 atom stereocenters. The largest absolute Gasteiger partial charge is 0.481 e. The molecule has 2 fully saturated rings. The molecule has 3 N–H and O–H groups in total. The molecule has 0 aromatic carbocycles. The lowest BCUT2D eigenvalue weighted by atomic mass is 9.79. The minimum Gasteiger partial charge on any atom is -0.481 e. The van der Waals surface area contributed by atoms with Crippen LogP contribution in [-0.2, 0) is 19.1 Å². The number of nitrogens with one attached hydrogen (secondary N) is 2. The third-order valence-electron chi connectivity index (χ3n) is 5.31. The molecule has 2 amide bonds. The smallest absolute Gasteiger partial charge is 0.340 e. The molecular formula is C19H18N2O7S2. The van der Waals surface area contributed by atoms with Gasteiger partial charge >= 0.3 is 11.9 Å². The van der Waals surface area contributed by atoms with E-state index in [1.54, 1.807) is 22.9 Å². The van der Waals surface area contributed by atoms with Crippen LogP contribution in [0.25, 0.3) is 0 Å². The normalized spacial score (nSPS) is 24.4. The zero-order valence-corrected chi connectivity index (χ0v) is 17.4. The first-order valence-corrected chi connectivity index (χ1v) is 10.9. The zero-order chi connectivity index (χ0) is 21.4. The first-order chi connectivity index (χ1) is 14.4. The Hall–Kier alpha value is -2.76. The van der Waals surface area contributed by atoms with Gasteiger partial charge in [0.15, 0.2) is 0 Å². The van der Waals surface area contributed by atoms with Gasteiger partial charge in [-0.1, -0.05) is 0 Å². The number of esters is 1. The van der Waals surface area contributed by atoms with Crippen LogP contribution in [0.3, 0.4) is 0 Å². The first kappa shape index (κ1) is 20.5. The number of ether oxygens (including phenoxy) is 2. The number of fused-ring (bicyclic) bond motifs is 2. The second-order valence-corrected chi connectivity index (χ2v) is 8.77. The first-order valence-electron chi connectivity index (χ1n) is 9.14. The Bertz CT molecular complexity index is 1010. The maximum Gasteiger partial charge on any atom is 0.340 e. The standard InChI is InChI=1S/C19H18N2O7S2/c1-27-19(26)9-5-7-30-17(9)20-14(22)8-4-6-29-16(8)21-15(23)12-10-2-3-11(28-10)13(12)18(24)25/h4-7,10-13H,2-3H2,1H3,(H,20,22)(H,21,23)(H,24,25). The van der Waals surface area contributed by atoms with E-state index in [2.05, 4.69) is 10.6 Å². The molecule has 0 radical (unpaired) electrons. The molecule has 4 rings (SSSR count). The minimum atomic E-state index is -1.06. The fourth-order valence-electron chi connectivity index (χ4n) is 3.95. The molecule has 0 aliphatic carbocycles. The van der Waals surface area contributed by atoms with E-state index in [4.69, 9.17) is 9.47 Å². The van der Waals surface area contributed by atoms with Crippen LogP contribution < -0.4 is 10.6 Å². The Labute approximate surface area is 179 Å². The lowest BCUT2D eigenvalue weighted by Crippen LogP contribution is -2.41. The van der Waals surface area contributed by atoms with Crippen molar-refractivity contribution in [3.63, 3.8) is 0 Å². The summed E-state index contributed by atoms with van der Waals surface area (Å²) >= 11 is 2.33. The minimum absolute atomic E-state index is 0.216. The van der Waals surface area contributed by atoms with Crippen LogP contribution in [0.1, 0.15) is 33.6 Å². The number of carboxylic acids is 1. The molecule has 2 saturated heterocycles. The number of rotatable bonds is 6. The van der Waals surface area contributed by atoms with Gasteiger partial charge < -0.3 is 25.2 Å². The average Bonchev–Trinajstić information content (AvgIpc) is 3.50. The highest BCUT2D eigenvalue weighted by Crippen LogP contribution is 2.44. The summed E-state index contributed by atoms with van der Waals surface area (Å²) in [7, 11) is 1.25. The molecular weight excluding hydrogens is 432 g/mol. The summed E-state index contributed by atoms with van der Waals surface area (Å²) in [5, 5.41) is 18.8. The van der Waals surface area contributed by atoms with E-state index in [-0.39, 0.29) is 11.1 Å². The van der Waals surface area contributed by atoms with Crippen LogP contribution in [0.2, 0.25) is 0 Å². The van der Waals surface area contributed by atoms with Gasteiger partial charge in [-0.3, -0.25) is 14.4 Å². The van der Waals surface area contributed by atoms with Gasteiger partial charge in [0.05, 0.1) is 42.3 Å². The highest BCUT2D eigenvalue weighted by molar-refractivity contribution is 7.15. The van der Waals surface area contributed by atoms with Crippen molar-refractivity contribution in [3.8, 4) is 0 Å². The predicted octanol–water partition coefficient (Wildman–Crippen LogP) is 2.67. The van der Waals surface area contributed by atoms with E-state index in [9.17, 15) is 24.3 Å². The Morgan fingerprint density at radius 1 is 1.00 bits per heavy atom. The van der Waals surface area contributed by atoms with Crippen molar-refractivity contribution in [2.45, 2.75) is 25.0 Å². The Morgan fingerprint density at radius 3 is 2.23 bits per heavy atom. The van der Waals surface area contributed by atoms with Crippen LogP contribution in [0.4, 0.5) is 10.0 Å². The van der Waals surface area contributed by atoms with Crippen LogP contribution in [0.15, 0.2) is 22.9 Å². The van der Waals surface area contributed by atoms with Crippen LogP contribution in [-0.4, -0.2) is 48.2 Å². The van der Waals surface area contributed by atoms with E-state index in [1.807, 2.05) is 0 Å². The van der Waals surface area contributed by atoms with Gasteiger partial charge in [-0.05, 0) is 35.7 Å². The van der Waals surface area contributed by atoms with Crippen molar-refractivity contribution in [1.29, 1.82) is 0 Å². The predicted molar refractivity (Wildman–Crippen MR) is 109 cm³/mol. The van der Waals surface area contributed by atoms with E-state index in [1.165, 1.54) is 18.4 Å². The molecule has 4 unspecified atom stereocenters. The maximum absolute atomic E-state index is 12.9. The van der Waals surface area contributed by atoms with Gasteiger partial charge in [-0.2, -0.15) is 0 Å². The number of aliphatic carboxylic acids is 1. The molecule has 4 heterocycles. The second kappa shape index (κ2) is 8.17. The third-order valence-corrected chi connectivity index (χ3v) is 6.97. The number of carboxylic acid groups (broad SMARTS) is 1. The molecule has 158 valence electrons. The van der Waals surface area contributed by atoms with Crippen LogP contribution >= 0.6 is 22.7 Å². The second-order valence-electron chi connectivity index (χ2n) is 6.94. The number of anilines is 2. The van der Waals surface area contributed by atoms with Crippen molar-refractivity contribution >= 4 is 56.4 Å². The number of methoxy groups -OCH3 is 1. The van der Waals surface area contributed by atoms with Crippen molar-refractivity contribution in [1.82, 2.24) is 0 Å². The average molecular weight is 450 g/mol. The molecule has 9 nitrogen and oxygen atoms in total. The Balaban J connectivity index is 1.49. The number of hydrogen-bond donors (Lipinski definition) is 3. The summed E-state index contributed by atoms with van der Waals surface area (Å²) in [4.78, 5) is 49.0. The lowest BCUT2D eigenvalue weighted by Gasteiger charge is -2.23. The maximum atomic E-state index is 12.9. The fourth-order valence-corrected chi connectivity index (χ4v) is 5.51. The molecule has 2 aliphatic rings. The van der Waals surface area contributed by atoms with Crippen molar-refractivity contribution in [2.75, 3.05) is 17.7 Å². The van der Waals surface area contributed by atoms with Gasteiger partial charge in [-0.25, -0.2) is 4.79 Å². The summed E-state index contributed by atoms with van der Waals surface area (Å²) in [5.41, 5.74) is 0.452. The number of hydrogen-bond acceptors (Lipinski definition) is 8. The van der Waals surface area contributed by atoms with E-state index in [0.29, 0.717) is 22.8 Å². The summed E-state index contributed by atoms with van der Waals surface area (Å²) in [6.45, 7) is 0. The Kier molecular flexibility index (Phi) is 5.58. The summed E-state index contributed by atoms with van der Waals surface area (Å²) < 4.78 is 10.3. The third kappa shape index (κ3) is 3.59. The highest BCUT2D eigenvalue weighted by Gasteiger charge is 2.55. The molecule has 2 aromatic rings. The van der Waals surface area contributed by atoms with Gasteiger partial charge in [0, 0.05) is 0 Å². The van der Waals surface area contributed by atoms with Crippen LogP contribution in [0, 0.1) is 11.8 Å². The van der Waals surface area contributed by atoms with Crippen LogP contribution in [0.5, 0.6) is 0 Å². The molecule has 2 aromatic heterocycles. The number of amides is 2. The number of thiophene rings is 2. The molecule has 11 heteroatoms. The van der Waals surface area contributed by atoms with E-state index < -0.39 is 47.8 Å². The molecule has 0 spiro atoms. The van der Waals surface area contributed by atoms with Crippen molar-refractivity contribution in [2.24, 2.45) is 11.8 Å². The molecule has 2 aliphatic heterocycles. The summed E-state index contributed by atoms with van der Waals surface area (Å²) in [6, 6.07) is 3.09. The van der Waals surface area contributed by atoms with E-state index in [0.717, 1.165) is 11.3 Å². The quantitative estimate of drug-likeness (QED) is 0.577. The molecule has 2 bridgehead atoms. The summed E-state index contributed by atoms with van der Waals surface area (Å²) in [6.07, 6.45) is 0.382. The zero-order valence-electron chi connectivity index (χ0n) is 15.7. The number of carbonyl (C=O) groups excluding carboxylic acids is 3. The highest BCUT2D eigenvalue weighted by atomic mass is 32.1. The lowest BCUT2D eigenvalue weighted by molar-refractivity contribution is -0.147. The Morgan fingerprint density at radius 2 is 1.60 bits per heavy atom. The van der Waals surface area contributed by atoms with Gasteiger partial charge in [0.1, 0.15) is 10.0 Å². The molecule has 0 saturated carbocycles. The van der Waals surface area contributed by atoms with Crippen molar-refractivity contribution in [3.05, 3.63) is 34.0 Å². The monoisotopic (exact) mass is 450 g/mol. The van der Waals surface area contributed by atoms with Gasteiger partial charge in [0.2, 0.25) is 5.91 Å². The van der Waals surface area contributed by atoms with Gasteiger partial charge in [-0.15, -0.1) is 22.7 Å². The van der Waals surface area contributed by atoms with Gasteiger partial charge in [0.25, 0.3) is 5.91 Å². The molecule has 30 heavy (non-hydrogen) atoms. The summed E-state index contributed by atoms with van der Waals surface area (Å²) in [5.74, 6) is -4.30.